The minimum Gasteiger partial charge on any atom is -0.481 e. The molecular formula is C17H22N2O3. The van der Waals surface area contributed by atoms with Gasteiger partial charge in [-0.3, -0.25) is 0 Å². The first-order valence-electron chi connectivity index (χ1n) is 7.46. The van der Waals surface area contributed by atoms with E-state index in [0.29, 0.717) is 18.0 Å². The first kappa shape index (κ1) is 16.2. The highest BCUT2D eigenvalue weighted by Crippen LogP contribution is 2.26. The Bertz CT molecular complexity index is 553. The van der Waals surface area contributed by atoms with Gasteiger partial charge in [-0.05, 0) is 25.0 Å². The molecule has 1 aliphatic rings. The summed E-state index contributed by atoms with van der Waals surface area (Å²) in [4.78, 5) is 13.8. The fourth-order valence-electron chi connectivity index (χ4n) is 2.67. The highest BCUT2D eigenvalue weighted by atomic mass is 16.5. The molecule has 5 nitrogen and oxygen atoms in total. The van der Waals surface area contributed by atoms with Crippen molar-refractivity contribution in [2.24, 2.45) is 5.92 Å². The van der Waals surface area contributed by atoms with Crippen LogP contribution in [0, 0.1) is 18.3 Å². The first-order chi connectivity index (χ1) is 10.6. The summed E-state index contributed by atoms with van der Waals surface area (Å²) in [6.07, 6.45) is 7.67. The number of ether oxygens (including phenoxy) is 1. The van der Waals surface area contributed by atoms with Crippen molar-refractivity contribution in [1.29, 1.82) is 0 Å². The second-order valence-electron chi connectivity index (χ2n) is 5.59. The summed E-state index contributed by atoms with van der Waals surface area (Å²) in [5.74, 6) is 3.18. The van der Waals surface area contributed by atoms with Crippen LogP contribution >= 0.6 is 0 Å². The van der Waals surface area contributed by atoms with E-state index in [1.807, 2.05) is 0 Å². The summed E-state index contributed by atoms with van der Waals surface area (Å²) >= 11 is 0. The number of rotatable bonds is 5. The molecule has 1 fully saturated rings. The number of hydrogen-bond acceptors (Lipinski definition) is 3. The van der Waals surface area contributed by atoms with Crippen molar-refractivity contribution >= 4 is 11.7 Å². The van der Waals surface area contributed by atoms with E-state index in [1.54, 1.807) is 36.2 Å². The minimum atomic E-state index is -0.296. The summed E-state index contributed by atoms with van der Waals surface area (Å²) in [6.45, 7) is 0.747. The number of aliphatic hydroxyl groups excluding tert-OH is 1. The molecule has 1 aromatic carbocycles. The number of nitrogens with zero attached hydrogens (tertiary/aromatic N) is 1. The standard InChI is InChI=1S/C17H22N2O3/c1-3-10-22-15-8-5-7-14(11-15)18-17(21)19(2)12-13-6-4-9-16(13)20/h1,5,7-8,11,13,16,20H,4,6,9-10,12H2,2H3,(H,18,21). The number of urea groups is 1. The normalized spacial score (nSPS) is 20.2. The third kappa shape index (κ3) is 4.40. The molecule has 22 heavy (non-hydrogen) atoms. The Morgan fingerprint density at radius 3 is 3.05 bits per heavy atom. The second kappa shape index (κ2) is 7.71. The van der Waals surface area contributed by atoms with Gasteiger partial charge in [0.15, 0.2) is 0 Å². The predicted octanol–water partition coefficient (Wildman–Crippen LogP) is 2.32. The van der Waals surface area contributed by atoms with Crippen molar-refractivity contribution in [3.63, 3.8) is 0 Å². The molecule has 5 heteroatoms. The van der Waals surface area contributed by atoms with Crippen LogP contribution in [-0.2, 0) is 0 Å². The fourth-order valence-corrected chi connectivity index (χ4v) is 2.67. The molecule has 0 radical (unpaired) electrons. The van der Waals surface area contributed by atoms with E-state index in [2.05, 4.69) is 11.2 Å². The van der Waals surface area contributed by atoms with Gasteiger partial charge in [-0.15, -0.1) is 6.42 Å². The summed E-state index contributed by atoms with van der Waals surface area (Å²) in [5, 5.41) is 12.7. The van der Waals surface area contributed by atoms with E-state index >= 15 is 0 Å². The number of carbonyl (C=O) groups is 1. The lowest BCUT2D eigenvalue weighted by Gasteiger charge is -2.23. The van der Waals surface area contributed by atoms with Crippen LogP contribution in [0.4, 0.5) is 10.5 Å². The van der Waals surface area contributed by atoms with E-state index < -0.39 is 0 Å². The van der Waals surface area contributed by atoms with Crippen LogP contribution in [0.15, 0.2) is 24.3 Å². The Hall–Kier alpha value is -2.19. The molecule has 2 unspecified atom stereocenters. The minimum absolute atomic E-state index is 0.168. The van der Waals surface area contributed by atoms with Gasteiger partial charge < -0.3 is 20.1 Å². The average molecular weight is 302 g/mol. The fraction of sp³-hybridized carbons (Fsp3) is 0.471. The van der Waals surface area contributed by atoms with Gasteiger partial charge in [-0.1, -0.05) is 18.4 Å². The molecule has 2 rings (SSSR count). The number of hydrogen-bond donors (Lipinski definition) is 2. The van der Waals surface area contributed by atoms with Crippen molar-refractivity contribution in [3.05, 3.63) is 24.3 Å². The molecule has 0 spiro atoms. The van der Waals surface area contributed by atoms with Crippen LogP contribution in [0.3, 0.4) is 0 Å². The second-order valence-corrected chi connectivity index (χ2v) is 5.59. The Morgan fingerprint density at radius 1 is 1.55 bits per heavy atom. The highest BCUT2D eigenvalue weighted by Gasteiger charge is 2.27. The maximum Gasteiger partial charge on any atom is 0.321 e. The lowest BCUT2D eigenvalue weighted by Crippen LogP contribution is -2.37. The Labute approximate surface area is 131 Å². The quantitative estimate of drug-likeness (QED) is 0.821. The van der Waals surface area contributed by atoms with Crippen LogP contribution in [0.5, 0.6) is 5.75 Å². The van der Waals surface area contributed by atoms with Crippen molar-refractivity contribution in [1.82, 2.24) is 4.90 Å². The van der Waals surface area contributed by atoms with Crippen molar-refractivity contribution < 1.29 is 14.6 Å². The number of anilines is 1. The van der Waals surface area contributed by atoms with Crippen molar-refractivity contribution in [3.8, 4) is 18.1 Å². The summed E-state index contributed by atoms with van der Waals surface area (Å²) in [5.41, 5.74) is 0.651. The van der Waals surface area contributed by atoms with Crippen LogP contribution in [0.1, 0.15) is 19.3 Å². The highest BCUT2D eigenvalue weighted by molar-refractivity contribution is 5.89. The number of benzene rings is 1. The van der Waals surface area contributed by atoms with Gasteiger partial charge >= 0.3 is 6.03 Å². The predicted molar refractivity (Wildman–Crippen MR) is 85.8 cm³/mol. The zero-order chi connectivity index (χ0) is 15.9. The number of terminal acetylenes is 1. The van der Waals surface area contributed by atoms with E-state index in [1.165, 1.54) is 0 Å². The van der Waals surface area contributed by atoms with Gasteiger partial charge in [0.2, 0.25) is 0 Å². The molecule has 118 valence electrons. The monoisotopic (exact) mass is 302 g/mol. The van der Waals surface area contributed by atoms with Gasteiger partial charge in [0.05, 0.1) is 6.10 Å². The van der Waals surface area contributed by atoms with Gasteiger partial charge in [-0.25, -0.2) is 4.79 Å². The Kier molecular flexibility index (Phi) is 5.68. The smallest absolute Gasteiger partial charge is 0.321 e. The van der Waals surface area contributed by atoms with Gasteiger partial charge in [0.25, 0.3) is 0 Å². The molecule has 0 aromatic heterocycles. The lowest BCUT2D eigenvalue weighted by molar-refractivity contribution is 0.116. The van der Waals surface area contributed by atoms with Gasteiger partial charge in [-0.2, -0.15) is 0 Å². The molecule has 2 N–H and O–H groups in total. The third-order valence-electron chi connectivity index (χ3n) is 3.88. The summed E-state index contributed by atoms with van der Waals surface area (Å²) < 4.78 is 5.33. The van der Waals surface area contributed by atoms with Crippen molar-refractivity contribution in [2.45, 2.75) is 25.4 Å². The Balaban J connectivity index is 1.89. The zero-order valence-electron chi connectivity index (χ0n) is 12.8. The SMILES string of the molecule is C#CCOc1cccc(NC(=O)N(C)CC2CCCC2O)c1. The first-order valence-corrected chi connectivity index (χ1v) is 7.46. The van der Waals surface area contributed by atoms with Gasteiger partial charge in [0.1, 0.15) is 12.4 Å². The van der Waals surface area contributed by atoms with Crippen LogP contribution in [0.2, 0.25) is 0 Å². The average Bonchev–Trinajstić information content (AvgIpc) is 2.90. The van der Waals surface area contributed by atoms with Gasteiger partial charge in [0, 0.05) is 31.3 Å². The van der Waals surface area contributed by atoms with Crippen molar-refractivity contribution in [2.75, 3.05) is 25.5 Å². The van der Waals surface area contributed by atoms with Crippen LogP contribution < -0.4 is 10.1 Å². The molecule has 0 saturated heterocycles. The number of amides is 2. The molecule has 2 atom stereocenters. The largest absolute Gasteiger partial charge is 0.481 e. The third-order valence-corrected chi connectivity index (χ3v) is 3.88. The zero-order valence-corrected chi connectivity index (χ0v) is 12.8. The van der Waals surface area contributed by atoms with E-state index in [0.717, 1.165) is 19.3 Å². The van der Waals surface area contributed by atoms with E-state index in [4.69, 9.17) is 11.2 Å². The Morgan fingerprint density at radius 2 is 2.36 bits per heavy atom. The molecule has 0 bridgehead atoms. The summed E-state index contributed by atoms with van der Waals surface area (Å²) in [6, 6.07) is 6.90. The topological polar surface area (TPSA) is 61.8 Å². The molecule has 1 aromatic rings. The van der Waals surface area contributed by atoms with Crippen LogP contribution in [-0.4, -0.2) is 42.3 Å². The molecule has 2 amide bonds. The molecule has 0 aliphatic heterocycles. The van der Waals surface area contributed by atoms with Crippen LogP contribution in [0.25, 0.3) is 0 Å². The summed E-state index contributed by atoms with van der Waals surface area (Å²) in [7, 11) is 1.74. The number of nitrogens with one attached hydrogen (secondary N) is 1. The number of aliphatic hydroxyl groups is 1. The molecule has 1 saturated carbocycles. The number of carbonyl (C=O) groups excluding carboxylic acids is 1. The molecular weight excluding hydrogens is 280 g/mol. The molecule has 0 heterocycles. The molecule has 1 aliphatic carbocycles. The maximum absolute atomic E-state index is 12.2. The maximum atomic E-state index is 12.2. The lowest BCUT2D eigenvalue weighted by atomic mass is 10.1. The van der Waals surface area contributed by atoms with E-state index in [-0.39, 0.29) is 24.7 Å². The van der Waals surface area contributed by atoms with E-state index in [9.17, 15) is 9.90 Å².